The molecule has 6 heteroatoms. The molecule has 5 atom stereocenters. The third-order valence-corrected chi connectivity index (χ3v) is 5.42. The van der Waals surface area contributed by atoms with E-state index in [9.17, 15) is 24.9 Å². The quantitative estimate of drug-likeness (QED) is 0.519. The Hall–Kier alpha value is -0.200. The molecule has 130 valence electrons. The molecule has 0 aliphatic heterocycles. The van der Waals surface area contributed by atoms with Crippen molar-refractivity contribution < 1.29 is 54.5 Å². The first-order valence-electron chi connectivity index (χ1n) is 8.68. The Labute approximate surface area is 165 Å². The van der Waals surface area contributed by atoms with Crippen LogP contribution in [0.2, 0.25) is 0 Å². The molecule has 5 nitrogen and oxygen atoms in total. The van der Waals surface area contributed by atoms with Gasteiger partial charge in [0.2, 0.25) is 0 Å². The molecule has 0 unspecified atom stereocenters. The fourth-order valence-electron chi connectivity index (χ4n) is 4.15. The summed E-state index contributed by atoms with van der Waals surface area (Å²) in [6, 6.07) is 0. The Morgan fingerprint density at radius 2 is 2.04 bits per heavy atom. The first-order chi connectivity index (χ1) is 10.9. The average molecular weight is 346 g/mol. The number of allylic oxidation sites excluding steroid dienone is 2. The van der Waals surface area contributed by atoms with Crippen molar-refractivity contribution in [3.63, 3.8) is 0 Å². The number of fused-ring (bicyclic) bond motifs is 1. The van der Waals surface area contributed by atoms with Gasteiger partial charge in [0, 0.05) is 18.3 Å². The Morgan fingerprint density at radius 1 is 1.33 bits per heavy atom. The molecular weight excluding hydrogens is 319 g/mol. The van der Waals surface area contributed by atoms with E-state index in [1.807, 2.05) is 13.0 Å². The topological polar surface area (TPSA) is 97.7 Å². The van der Waals surface area contributed by atoms with Crippen LogP contribution in [0.4, 0.5) is 0 Å². The maximum absolute atomic E-state index is 12.2. The van der Waals surface area contributed by atoms with Crippen molar-refractivity contribution in [3.8, 4) is 0 Å². The molecule has 1 saturated carbocycles. The minimum absolute atomic E-state index is 0. The summed E-state index contributed by atoms with van der Waals surface area (Å²) in [5.41, 5.74) is 1.27. The summed E-state index contributed by atoms with van der Waals surface area (Å²) >= 11 is 0. The number of ketones is 1. The average Bonchev–Trinajstić information content (AvgIpc) is 2.46. The number of hydrogen-bond acceptors (Lipinski definition) is 5. The van der Waals surface area contributed by atoms with Gasteiger partial charge >= 0.3 is 29.6 Å². The molecule has 2 N–H and O–H groups in total. The molecule has 0 aromatic carbocycles. The molecule has 0 aromatic heterocycles. The summed E-state index contributed by atoms with van der Waals surface area (Å²) in [4.78, 5) is 22.6. The second kappa shape index (κ2) is 10.1. The first kappa shape index (κ1) is 21.8. The van der Waals surface area contributed by atoms with E-state index in [1.165, 1.54) is 12.0 Å². The van der Waals surface area contributed by atoms with Crippen LogP contribution in [0.25, 0.3) is 0 Å². The van der Waals surface area contributed by atoms with Crippen LogP contribution in [-0.4, -0.2) is 34.2 Å². The predicted octanol–water partition coefficient (Wildman–Crippen LogP) is -2.03. The summed E-state index contributed by atoms with van der Waals surface area (Å²) < 4.78 is 0. The number of rotatable bonds is 7. The van der Waals surface area contributed by atoms with Crippen LogP contribution in [0.5, 0.6) is 0 Å². The monoisotopic (exact) mass is 346 g/mol. The number of carbonyl (C=O) groups excluding carboxylic acids is 2. The third-order valence-electron chi connectivity index (χ3n) is 5.42. The van der Waals surface area contributed by atoms with Crippen LogP contribution in [-0.2, 0) is 9.59 Å². The van der Waals surface area contributed by atoms with Crippen molar-refractivity contribution >= 4 is 11.8 Å². The van der Waals surface area contributed by atoms with Gasteiger partial charge in [-0.1, -0.05) is 18.9 Å². The molecule has 2 aliphatic rings. The van der Waals surface area contributed by atoms with Gasteiger partial charge in [0.05, 0.1) is 12.2 Å². The number of aliphatic hydroxyl groups is 2. The Bertz CT molecular complexity index is 476. The molecule has 2 rings (SSSR count). The van der Waals surface area contributed by atoms with Gasteiger partial charge in [0.25, 0.3) is 0 Å². The normalized spacial score (nSPS) is 29.0. The summed E-state index contributed by atoms with van der Waals surface area (Å²) in [5.74, 6) is -0.461. The molecule has 1 fully saturated rings. The molecule has 0 spiro atoms. The van der Waals surface area contributed by atoms with E-state index in [4.69, 9.17) is 0 Å². The predicted molar refractivity (Wildman–Crippen MR) is 83.2 cm³/mol. The van der Waals surface area contributed by atoms with Crippen LogP contribution in [0, 0.1) is 17.8 Å². The van der Waals surface area contributed by atoms with Crippen LogP contribution < -0.4 is 34.7 Å². The van der Waals surface area contributed by atoms with E-state index in [0.29, 0.717) is 12.3 Å². The van der Waals surface area contributed by atoms with Crippen molar-refractivity contribution in [2.45, 2.75) is 70.5 Å². The summed E-state index contributed by atoms with van der Waals surface area (Å²) in [5, 5.41) is 30.0. The first-order valence-corrected chi connectivity index (χ1v) is 8.68. The van der Waals surface area contributed by atoms with Crippen LogP contribution in [0.3, 0.4) is 0 Å². The number of hydrogen-bond donors (Lipinski definition) is 2. The van der Waals surface area contributed by atoms with Crippen LogP contribution >= 0.6 is 0 Å². The molecule has 0 radical (unpaired) electrons. The maximum Gasteiger partial charge on any atom is 1.00 e. The molecular formula is C18H27NaO5. The fourth-order valence-corrected chi connectivity index (χ4v) is 4.15. The van der Waals surface area contributed by atoms with Gasteiger partial charge in [-0.05, 0) is 56.4 Å². The minimum Gasteiger partial charge on any atom is -0.550 e. The zero-order valence-corrected chi connectivity index (χ0v) is 16.7. The fraction of sp³-hybridized carbons (Fsp3) is 0.778. The summed E-state index contributed by atoms with van der Waals surface area (Å²) in [6.07, 6.45) is 5.26. The van der Waals surface area contributed by atoms with Crippen molar-refractivity contribution in [2.75, 3.05) is 0 Å². The van der Waals surface area contributed by atoms with E-state index in [2.05, 4.69) is 0 Å². The van der Waals surface area contributed by atoms with Gasteiger partial charge in [-0.3, -0.25) is 4.79 Å². The Morgan fingerprint density at radius 3 is 2.71 bits per heavy atom. The second-order valence-corrected chi connectivity index (χ2v) is 7.12. The van der Waals surface area contributed by atoms with Gasteiger partial charge in [0.15, 0.2) is 5.78 Å². The number of carbonyl (C=O) groups is 2. The number of aliphatic hydroxyl groups excluding tert-OH is 2. The van der Waals surface area contributed by atoms with E-state index in [1.54, 1.807) is 0 Å². The van der Waals surface area contributed by atoms with Gasteiger partial charge in [-0.2, -0.15) is 0 Å². The van der Waals surface area contributed by atoms with E-state index in [0.717, 1.165) is 25.7 Å². The van der Waals surface area contributed by atoms with Crippen LogP contribution in [0.1, 0.15) is 58.3 Å². The SMILES string of the molecule is C[C@H]1C(=O)C=C2CCCC[C@@H]2[C@H]1CC[C@@H](O)C[C@@H](O)CC(=O)[O-].[Na+]. The zero-order chi connectivity index (χ0) is 17.0. The second-order valence-electron chi connectivity index (χ2n) is 7.12. The van der Waals surface area contributed by atoms with E-state index >= 15 is 0 Å². The Kier molecular flexibility index (Phi) is 9.17. The number of aliphatic carboxylic acids is 1. The molecule has 0 heterocycles. The van der Waals surface area contributed by atoms with E-state index in [-0.39, 0.29) is 53.6 Å². The van der Waals surface area contributed by atoms with Crippen molar-refractivity contribution in [2.24, 2.45) is 17.8 Å². The van der Waals surface area contributed by atoms with Crippen molar-refractivity contribution in [1.82, 2.24) is 0 Å². The zero-order valence-electron chi connectivity index (χ0n) is 14.7. The minimum atomic E-state index is -1.31. The van der Waals surface area contributed by atoms with Gasteiger partial charge in [0.1, 0.15) is 0 Å². The standard InChI is InChI=1S/C18H28O5.Na/c1-11-15(7-6-13(19)9-14(20)10-18(22)23)16-5-3-2-4-12(16)8-17(11)21;/h8,11,13-16,19-20H,2-7,9-10H2,1H3,(H,22,23);/q;+1/p-1/t11-,13-,14-,15+,16+;/m1./s1. The van der Waals surface area contributed by atoms with Gasteiger partial charge in [-0.25, -0.2) is 0 Å². The van der Waals surface area contributed by atoms with Gasteiger partial charge < -0.3 is 20.1 Å². The third kappa shape index (κ3) is 5.95. The maximum atomic E-state index is 12.2. The number of carboxylic acids is 1. The molecule has 2 aliphatic carbocycles. The van der Waals surface area contributed by atoms with Crippen LogP contribution in [0.15, 0.2) is 11.6 Å². The summed E-state index contributed by atoms with van der Waals surface area (Å²) in [6.45, 7) is 1.96. The molecule has 0 bridgehead atoms. The molecule has 0 amide bonds. The van der Waals surface area contributed by atoms with Crippen molar-refractivity contribution in [3.05, 3.63) is 11.6 Å². The van der Waals surface area contributed by atoms with Crippen molar-refractivity contribution in [1.29, 1.82) is 0 Å². The van der Waals surface area contributed by atoms with E-state index < -0.39 is 24.6 Å². The molecule has 24 heavy (non-hydrogen) atoms. The Balaban J connectivity index is 0.00000288. The summed E-state index contributed by atoms with van der Waals surface area (Å²) in [7, 11) is 0. The number of carboxylic acid groups (broad SMARTS) is 1. The molecule has 0 aromatic rings. The molecule has 0 saturated heterocycles. The smallest absolute Gasteiger partial charge is 0.550 e. The van der Waals surface area contributed by atoms with Gasteiger partial charge in [-0.15, -0.1) is 0 Å². The largest absolute Gasteiger partial charge is 1.00 e.